The van der Waals surface area contributed by atoms with Gasteiger partial charge in [-0.15, -0.1) is 21.8 Å². The lowest BCUT2D eigenvalue weighted by Crippen LogP contribution is -2.32. The summed E-state index contributed by atoms with van der Waals surface area (Å²) >= 11 is 10.8. The fourth-order valence-electron chi connectivity index (χ4n) is 6.46. The van der Waals surface area contributed by atoms with Crippen LogP contribution in [-0.2, 0) is 0 Å². The average molecular weight is 857 g/mol. The minimum absolute atomic E-state index is 0. The van der Waals surface area contributed by atoms with Gasteiger partial charge in [0, 0.05) is 54.8 Å². The van der Waals surface area contributed by atoms with Crippen LogP contribution >= 0.6 is 23.2 Å². The van der Waals surface area contributed by atoms with Crippen molar-refractivity contribution in [1.82, 2.24) is 49.5 Å². The quantitative estimate of drug-likeness (QED) is 0.144. The van der Waals surface area contributed by atoms with Gasteiger partial charge in [0.25, 0.3) is 11.8 Å². The maximum absolute atomic E-state index is 13.1. The van der Waals surface area contributed by atoms with E-state index in [9.17, 15) is 9.59 Å². The van der Waals surface area contributed by atoms with Crippen molar-refractivity contribution in [2.45, 2.75) is 28.7 Å². The summed E-state index contributed by atoms with van der Waals surface area (Å²) < 4.78 is 25.7. The molecule has 10 rings (SSSR count). The number of aromatic nitrogens is 10. The summed E-state index contributed by atoms with van der Waals surface area (Å²) in [7, 11) is 0. The maximum atomic E-state index is 13.1. The number of carbonyl (C=O) groups is 2. The maximum Gasteiger partial charge on any atom is 0.327 e. The summed E-state index contributed by atoms with van der Waals surface area (Å²) in [5.74, 6) is 0.885. The number of nitrogens with zero attached hydrogens (tertiary/aromatic N) is 12. The van der Waals surface area contributed by atoms with Crippen LogP contribution in [0.25, 0.3) is 33.8 Å². The summed E-state index contributed by atoms with van der Waals surface area (Å²) in [5, 5.41) is 17.7. The Balaban J connectivity index is 0.000000187. The summed E-state index contributed by atoms with van der Waals surface area (Å²) in [4.78, 5) is 45.2. The first-order valence-corrected chi connectivity index (χ1v) is 18.6. The van der Waals surface area contributed by atoms with Gasteiger partial charge >= 0.3 is 12.0 Å². The highest BCUT2D eigenvalue weighted by Crippen LogP contribution is 2.32. The number of amides is 2. The molecule has 19 nitrogen and oxygen atoms in total. The van der Waals surface area contributed by atoms with Gasteiger partial charge in [0.15, 0.2) is 0 Å². The van der Waals surface area contributed by atoms with E-state index in [0.717, 1.165) is 27.5 Å². The van der Waals surface area contributed by atoms with E-state index >= 15 is 0 Å². The molecule has 0 fully saturated rings. The van der Waals surface area contributed by atoms with Crippen molar-refractivity contribution in [3.63, 3.8) is 0 Å². The third-order valence-corrected chi connectivity index (χ3v) is 9.33. The number of hydrogen-bond donors (Lipinski definition) is 1. The van der Waals surface area contributed by atoms with Crippen LogP contribution < -0.4 is 25.0 Å². The molecule has 0 saturated carbocycles. The van der Waals surface area contributed by atoms with E-state index in [-0.39, 0.29) is 60.5 Å². The van der Waals surface area contributed by atoms with Gasteiger partial charge in [-0.05, 0) is 48.5 Å². The molecular formula is C39H39Cl2N13O6. The molecular weight excluding hydrogens is 817 g/mol. The fraction of sp³-hybridized carbons (Fsp3) is 0.231. The number of nitrogen functional groups attached to an aromatic ring is 1. The number of anilines is 3. The zero-order valence-corrected chi connectivity index (χ0v) is 32.4. The lowest BCUT2D eigenvalue weighted by molar-refractivity contribution is 0.0982. The Kier molecular flexibility index (Phi) is 12.6. The van der Waals surface area contributed by atoms with Gasteiger partial charge in [-0.3, -0.25) is 18.7 Å². The second kappa shape index (κ2) is 17.8. The molecule has 0 radical (unpaired) electrons. The van der Waals surface area contributed by atoms with Crippen molar-refractivity contribution in [1.29, 1.82) is 0 Å². The number of carbonyl (C=O) groups excluding carboxylic acids is 2. The van der Waals surface area contributed by atoms with Crippen molar-refractivity contribution in [3.05, 3.63) is 102 Å². The molecule has 2 amide bonds. The second-order valence-corrected chi connectivity index (χ2v) is 12.8. The monoisotopic (exact) mass is 855 g/mol. The molecule has 2 aromatic carbocycles. The van der Waals surface area contributed by atoms with Crippen LogP contribution in [0.1, 0.15) is 47.4 Å². The van der Waals surface area contributed by atoms with Gasteiger partial charge in [0.2, 0.25) is 23.5 Å². The van der Waals surface area contributed by atoms with E-state index in [0.29, 0.717) is 55.8 Å². The minimum Gasteiger partial charge on any atom is -0.475 e. The average Bonchev–Trinajstić information content (AvgIpc) is 4.01. The standard InChI is InChI=1S/C18H13ClN6O3.C18H15N7O3.CH3Cl.2CH4/c2*1-10-22-23-18(28-10)25-5-4-11-8-12(2-3-13(11)25)24-6-7-27-16-14(17(24)26)15(19)20-9-21-16;1-2;;/h2-5,8-9H,6-7H2,1H3;2-5,8-9H,6-7H2,1H3,(H2,19,20,21);1H3;2*1H4. The molecule has 2 aliphatic rings. The molecule has 0 unspecified atom stereocenters. The number of ether oxygens (including phenoxy) is 2. The Labute approximate surface area is 352 Å². The Morgan fingerprint density at radius 3 is 1.58 bits per heavy atom. The van der Waals surface area contributed by atoms with Crippen molar-refractivity contribution < 1.29 is 27.9 Å². The SMILES string of the molecule is C.C.CCl.Cc1nnc(-n2ccc3cc(N4CCOc5ncnc(Cl)c5C4=O)ccc32)o1.Cc1nnc(-n2ccc3cc(N4CCOc5ncnc(N)c5C4=O)ccc32)o1. The Bertz CT molecular complexity index is 2630. The van der Waals surface area contributed by atoms with Crippen LogP contribution in [-0.4, -0.2) is 94.0 Å². The molecule has 60 heavy (non-hydrogen) atoms. The van der Waals surface area contributed by atoms with Crippen LogP contribution in [0.2, 0.25) is 5.15 Å². The van der Waals surface area contributed by atoms with Crippen molar-refractivity contribution in [3.8, 4) is 23.8 Å². The number of nitrogens with two attached hydrogens (primary N) is 1. The summed E-state index contributed by atoms with van der Waals surface area (Å²) in [6.45, 7) is 4.80. The fourth-order valence-corrected chi connectivity index (χ4v) is 6.67. The van der Waals surface area contributed by atoms with E-state index in [1.165, 1.54) is 19.0 Å². The molecule has 21 heteroatoms. The first-order valence-electron chi connectivity index (χ1n) is 17.4. The number of benzene rings is 2. The zero-order valence-electron chi connectivity index (χ0n) is 30.9. The first-order chi connectivity index (χ1) is 28.2. The van der Waals surface area contributed by atoms with Crippen LogP contribution in [0.5, 0.6) is 11.8 Å². The van der Waals surface area contributed by atoms with Gasteiger partial charge < -0.3 is 33.8 Å². The van der Waals surface area contributed by atoms with Gasteiger partial charge in [-0.25, -0.2) is 19.9 Å². The number of aryl methyl sites for hydroxylation is 2. The zero-order chi connectivity index (χ0) is 40.5. The van der Waals surface area contributed by atoms with E-state index in [4.69, 9.17) is 35.6 Å². The normalized spacial score (nSPS) is 13.2. The second-order valence-electron chi connectivity index (χ2n) is 12.5. The number of halogens is 2. The molecule has 6 aromatic heterocycles. The highest BCUT2D eigenvalue weighted by atomic mass is 35.5. The largest absolute Gasteiger partial charge is 0.475 e. The van der Waals surface area contributed by atoms with Crippen molar-refractivity contribution >= 4 is 74.0 Å². The van der Waals surface area contributed by atoms with Crippen LogP contribution in [0.15, 0.2) is 82.4 Å². The Morgan fingerprint density at radius 2 is 1.10 bits per heavy atom. The van der Waals surface area contributed by atoms with Crippen LogP contribution in [0.4, 0.5) is 17.2 Å². The number of hydrogen-bond acceptors (Lipinski definition) is 15. The minimum atomic E-state index is -0.301. The van der Waals surface area contributed by atoms with E-state index in [1.54, 1.807) is 32.8 Å². The van der Waals surface area contributed by atoms with Gasteiger partial charge in [0.1, 0.15) is 48.0 Å². The predicted octanol–water partition coefficient (Wildman–Crippen LogP) is 6.67. The van der Waals surface area contributed by atoms with Crippen LogP contribution in [0.3, 0.4) is 0 Å². The number of alkyl halides is 1. The lowest BCUT2D eigenvalue weighted by Gasteiger charge is -2.20. The predicted molar refractivity (Wildman–Crippen MR) is 225 cm³/mol. The first kappa shape index (κ1) is 42.5. The van der Waals surface area contributed by atoms with Crippen LogP contribution in [0, 0.1) is 13.8 Å². The van der Waals surface area contributed by atoms with Gasteiger partial charge in [-0.2, -0.15) is 0 Å². The molecule has 0 spiro atoms. The number of rotatable bonds is 4. The third-order valence-electron chi connectivity index (χ3n) is 9.05. The molecule has 0 saturated heterocycles. The molecule has 2 N–H and O–H groups in total. The highest BCUT2D eigenvalue weighted by Gasteiger charge is 2.30. The van der Waals surface area contributed by atoms with Gasteiger partial charge in [0.05, 0.1) is 24.1 Å². The number of fused-ring (bicyclic) bond motifs is 4. The van der Waals surface area contributed by atoms with E-state index in [2.05, 4.69) is 51.9 Å². The van der Waals surface area contributed by atoms with Crippen molar-refractivity contribution in [2.24, 2.45) is 0 Å². The molecule has 0 aliphatic carbocycles. The Morgan fingerprint density at radius 1 is 0.633 bits per heavy atom. The molecule has 8 heterocycles. The summed E-state index contributed by atoms with van der Waals surface area (Å²) in [6, 6.07) is 15.9. The van der Waals surface area contributed by atoms with Gasteiger partial charge in [-0.1, -0.05) is 36.7 Å². The topological polar surface area (TPSA) is 224 Å². The molecule has 8 aromatic rings. The third kappa shape index (κ3) is 7.86. The lowest BCUT2D eigenvalue weighted by atomic mass is 10.2. The highest BCUT2D eigenvalue weighted by molar-refractivity contribution is 6.33. The molecule has 310 valence electrons. The van der Waals surface area contributed by atoms with Crippen molar-refractivity contribution in [2.75, 3.05) is 48.2 Å². The molecule has 0 bridgehead atoms. The van der Waals surface area contributed by atoms with E-state index in [1.807, 2.05) is 60.9 Å². The molecule has 0 atom stereocenters. The summed E-state index contributed by atoms with van der Waals surface area (Å²) in [5.41, 5.74) is 9.44. The van der Waals surface area contributed by atoms with E-state index < -0.39 is 0 Å². The Hall–Kier alpha value is -7.12. The molecule has 2 aliphatic heterocycles. The smallest absolute Gasteiger partial charge is 0.327 e. The summed E-state index contributed by atoms with van der Waals surface area (Å²) in [6.07, 6.45) is 7.72.